The first kappa shape index (κ1) is 24.7. The molecule has 0 bridgehead atoms. The molecule has 1 aromatic carbocycles. The molecule has 2 aromatic rings. The van der Waals surface area contributed by atoms with Crippen molar-refractivity contribution in [1.29, 1.82) is 0 Å². The molecule has 0 atom stereocenters. The Balaban J connectivity index is 1.95. The minimum atomic E-state index is 0.616. The number of hydrogen-bond acceptors (Lipinski definition) is 5. The number of aliphatic imine (C=N–C) groups is 1. The Morgan fingerprint density at radius 1 is 1.03 bits per heavy atom. The van der Waals surface area contributed by atoms with Crippen molar-refractivity contribution < 1.29 is 14.2 Å². The summed E-state index contributed by atoms with van der Waals surface area (Å²) in [5, 5.41) is 11.4. The fourth-order valence-electron chi connectivity index (χ4n) is 3.28. The van der Waals surface area contributed by atoms with Crippen molar-refractivity contribution in [2.75, 3.05) is 41.1 Å². The van der Waals surface area contributed by atoms with E-state index in [1.807, 2.05) is 11.6 Å². The highest BCUT2D eigenvalue weighted by Gasteiger charge is 2.12. The van der Waals surface area contributed by atoms with Crippen LogP contribution in [0.4, 0.5) is 0 Å². The Morgan fingerprint density at radius 3 is 2.48 bits per heavy atom. The summed E-state index contributed by atoms with van der Waals surface area (Å²) in [7, 11) is 5.18. The monoisotopic (exact) mass is 431 g/mol. The van der Waals surface area contributed by atoms with Crippen molar-refractivity contribution in [3.05, 3.63) is 46.3 Å². The van der Waals surface area contributed by atoms with Crippen LogP contribution in [-0.4, -0.2) is 56.8 Å². The van der Waals surface area contributed by atoms with Crippen molar-refractivity contribution in [1.82, 2.24) is 20.4 Å². The van der Waals surface area contributed by atoms with E-state index in [-0.39, 0.29) is 0 Å². The zero-order valence-corrected chi connectivity index (χ0v) is 19.7. The third kappa shape index (κ3) is 7.56. The average Bonchev–Trinajstić information content (AvgIpc) is 3.03. The van der Waals surface area contributed by atoms with Crippen LogP contribution in [-0.2, 0) is 29.1 Å². The van der Waals surface area contributed by atoms with Crippen LogP contribution in [0.5, 0.6) is 5.75 Å². The predicted octanol–water partition coefficient (Wildman–Crippen LogP) is 2.74. The van der Waals surface area contributed by atoms with E-state index in [9.17, 15) is 0 Å². The number of methoxy groups -OCH3 is 2. The molecule has 0 amide bonds. The van der Waals surface area contributed by atoms with E-state index in [0.29, 0.717) is 32.9 Å². The molecule has 0 fully saturated rings. The molecule has 0 aliphatic rings. The number of guanidine groups is 1. The van der Waals surface area contributed by atoms with Gasteiger partial charge in [-0.05, 0) is 32.4 Å². The summed E-state index contributed by atoms with van der Waals surface area (Å²) in [6.07, 6.45) is 0.858. The second-order valence-electron chi connectivity index (χ2n) is 7.45. The van der Waals surface area contributed by atoms with E-state index in [1.54, 1.807) is 21.3 Å². The summed E-state index contributed by atoms with van der Waals surface area (Å²) in [5.74, 6) is 1.62. The van der Waals surface area contributed by atoms with E-state index < -0.39 is 0 Å². The molecule has 8 heteroatoms. The van der Waals surface area contributed by atoms with E-state index in [1.165, 1.54) is 11.1 Å². The summed E-state index contributed by atoms with van der Waals surface area (Å²) < 4.78 is 18.2. The molecule has 0 saturated carbocycles. The van der Waals surface area contributed by atoms with Gasteiger partial charge in [0.15, 0.2) is 5.96 Å². The number of aryl methyl sites for hydroxylation is 2. The van der Waals surface area contributed by atoms with Gasteiger partial charge in [-0.3, -0.25) is 9.67 Å². The van der Waals surface area contributed by atoms with E-state index in [0.717, 1.165) is 41.6 Å². The van der Waals surface area contributed by atoms with E-state index >= 15 is 0 Å². The molecular weight excluding hydrogens is 394 g/mol. The lowest BCUT2D eigenvalue weighted by Gasteiger charge is -2.16. The number of benzene rings is 1. The molecule has 2 N–H and O–H groups in total. The van der Waals surface area contributed by atoms with Crippen LogP contribution in [0.25, 0.3) is 0 Å². The lowest BCUT2D eigenvalue weighted by molar-refractivity contribution is 0.171. The highest BCUT2D eigenvalue weighted by Crippen LogP contribution is 2.20. The number of nitrogens with one attached hydrogen (secondary N) is 2. The molecule has 0 aliphatic heterocycles. The zero-order chi connectivity index (χ0) is 22.6. The van der Waals surface area contributed by atoms with Crippen LogP contribution >= 0.6 is 0 Å². The average molecular weight is 432 g/mol. The second-order valence-corrected chi connectivity index (χ2v) is 7.45. The molecule has 8 nitrogen and oxygen atoms in total. The van der Waals surface area contributed by atoms with Crippen LogP contribution in [0.3, 0.4) is 0 Å². The van der Waals surface area contributed by atoms with Crippen LogP contribution in [0, 0.1) is 20.8 Å². The third-order valence-electron chi connectivity index (χ3n) is 5.11. The Bertz CT molecular complexity index is 848. The van der Waals surface area contributed by atoms with Gasteiger partial charge in [0.2, 0.25) is 0 Å². The SMILES string of the molecule is CN=C(NCc1ccc(C)cc1OCCCOC)NCc1c(C)nn(CCOC)c1C. The van der Waals surface area contributed by atoms with E-state index in [4.69, 9.17) is 14.2 Å². The van der Waals surface area contributed by atoms with Gasteiger partial charge in [-0.25, -0.2) is 0 Å². The summed E-state index contributed by atoms with van der Waals surface area (Å²) in [5.41, 5.74) is 5.59. The van der Waals surface area contributed by atoms with Gasteiger partial charge < -0.3 is 24.8 Å². The van der Waals surface area contributed by atoms with Gasteiger partial charge in [0.25, 0.3) is 0 Å². The highest BCUT2D eigenvalue weighted by atomic mass is 16.5. The molecule has 0 saturated heterocycles. The first-order valence-corrected chi connectivity index (χ1v) is 10.7. The first-order valence-electron chi connectivity index (χ1n) is 10.7. The Labute approximate surface area is 186 Å². The largest absolute Gasteiger partial charge is 0.493 e. The molecule has 0 radical (unpaired) electrons. The molecule has 1 aromatic heterocycles. The van der Waals surface area contributed by atoms with Crippen molar-refractivity contribution in [3.63, 3.8) is 0 Å². The third-order valence-corrected chi connectivity index (χ3v) is 5.11. The van der Waals surface area contributed by atoms with Gasteiger partial charge in [0.05, 0.1) is 25.5 Å². The van der Waals surface area contributed by atoms with E-state index in [2.05, 4.69) is 52.8 Å². The summed E-state index contributed by atoms with van der Waals surface area (Å²) in [6.45, 7) is 10.2. The van der Waals surface area contributed by atoms with Gasteiger partial charge in [0.1, 0.15) is 5.75 Å². The molecule has 1 heterocycles. The predicted molar refractivity (Wildman–Crippen MR) is 124 cm³/mol. The van der Waals surface area contributed by atoms with Gasteiger partial charge >= 0.3 is 0 Å². The fourth-order valence-corrected chi connectivity index (χ4v) is 3.28. The minimum absolute atomic E-state index is 0.616. The molecule has 0 unspecified atom stereocenters. The van der Waals surface area contributed by atoms with Gasteiger partial charge in [-0.15, -0.1) is 0 Å². The molecule has 31 heavy (non-hydrogen) atoms. The summed E-state index contributed by atoms with van der Waals surface area (Å²) in [6, 6.07) is 6.26. The maximum atomic E-state index is 5.98. The Kier molecular flexibility index (Phi) is 10.3. The van der Waals surface area contributed by atoms with Crippen LogP contribution in [0.2, 0.25) is 0 Å². The lowest BCUT2D eigenvalue weighted by Crippen LogP contribution is -2.36. The normalized spacial score (nSPS) is 11.6. The van der Waals surface area contributed by atoms with Gasteiger partial charge in [-0.2, -0.15) is 5.10 Å². The number of hydrogen-bond donors (Lipinski definition) is 2. The summed E-state index contributed by atoms with van der Waals surface area (Å²) in [4.78, 5) is 4.36. The van der Waals surface area contributed by atoms with Gasteiger partial charge in [0, 0.05) is 64.2 Å². The Hall–Kier alpha value is -2.58. The maximum absolute atomic E-state index is 5.98. The maximum Gasteiger partial charge on any atom is 0.191 e. The molecule has 172 valence electrons. The van der Waals surface area contributed by atoms with Crippen molar-refractivity contribution in [2.24, 2.45) is 4.99 Å². The van der Waals surface area contributed by atoms with Crippen molar-refractivity contribution in [2.45, 2.75) is 46.8 Å². The second kappa shape index (κ2) is 13.0. The topological polar surface area (TPSA) is 81.9 Å². The first-order chi connectivity index (χ1) is 15.0. The van der Waals surface area contributed by atoms with Gasteiger partial charge in [-0.1, -0.05) is 12.1 Å². The van der Waals surface area contributed by atoms with Crippen molar-refractivity contribution >= 4 is 5.96 Å². The quantitative estimate of drug-likeness (QED) is 0.306. The smallest absolute Gasteiger partial charge is 0.191 e. The van der Waals surface area contributed by atoms with Crippen LogP contribution in [0.1, 0.15) is 34.5 Å². The molecular formula is C23H37N5O3. The molecule has 0 aliphatic carbocycles. The zero-order valence-electron chi connectivity index (χ0n) is 19.7. The number of ether oxygens (including phenoxy) is 3. The minimum Gasteiger partial charge on any atom is -0.493 e. The standard InChI is InChI=1S/C23H37N5O3/c1-17-8-9-20(22(14-17)31-12-7-11-29-5)15-25-23(24-4)26-16-21-18(2)27-28(19(21)3)10-13-30-6/h8-9,14H,7,10-13,15-16H2,1-6H3,(H2,24,25,26). The molecule has 2 rings (SSSR count). The fraction of sp³-hybridized carbons (Fsp3) is 0.565. The number of aromatic nitrogens is 2. The highest BCUT2D eigenvalue weighted by molar-refractivity contribution is 5.79. The molecule has 0 spiro atoms. The number of nitrogens with zero attached hydrogens (tertiary/aromatic N) is 3. The van der Waals surface area contributed by atoms with Crippen LogP contribution in [0.15, 0.2) is 23.2 Å². The number of rotatable bonds is 12. The lowest BCUT2D eigenvalue weighted by atomic mass is 10.1. The van der Waals surface area contributed by atoms with Crippen LogP contribution < -0.4 is 15.4 Å². The summed E-state index contributed by atoms with van der Waals surface area (Å²) >= 11 is 0. The van der Waals surface area contributed by atoms with Crippen molar-refractivity contribution in [3.8, 4) is 5.75 Å². The Morgan fingerprint density at radius 2 is 1.77 bits per heavy atom.